The van der Waals surface area contributed by atoms with E-state index in [2.05, 4.69) is 65.4 Å². The summed E-state index contributed by atoms with van der Waals surface area (Å²) >= 11 is 0. The molecule has 1 amide bonds. The second-order valence-electron chi connectivity index (χ2n) is 12.0. The average Bonchev–Trinajstić information content (AvgIpc) is 2.92. The molecule has 2 aliphatic heterocycles. The van der Waals surface area contributed by atoms with Crippen LogP contribution in [-0.2, 0) is 4.79 Å². The molecule has 9 nitrogen and oxygen atoms in total. The van der Waals surface area contributed by atoms with Crippen LogP contribution in [0.5, 0.6) is 5.75 Å². The van der Waals surface area contributed by atoms with Gasteiger partial charge in [0.15, 0.2) is 0 Å². The van der Waals surface area contributed by atoms with E-state index in [0.29, 0.717) is 36.0 Å². The molecule has 0 spiro atoms. The number of rotatable bonds is 9. The smallest absolute Gasteiger partial charge is 0.223 e. The molecular formula is C29H43N7O2. The van der Waals surface area contributed by atoms with E-state index in [1.54, 1.807) is 12.1 Å². The predicted octanol–water partition coefficient (Wildman–Crippen LogP) is 3.54. The number of hydrogen-bond acceptors (Lipinski definition) is 8. The van der Waals surface area contributed by atoms with Gasteiger partial charge in [0.05, 0.1) is 5.69 Å². The van der Waals surface area contributed by atoms with Crippen molar-refractivity contribution >= 4 is 11.7 Å². The molecule has 4 rings (SSSR count). The standard InChI is InChI=1S/C29H43N7O2/c1-6-20(18-32-30)21-7-8-23(25(37)14-21)24-9-10-26(35-34-24)33-22-11-12-28(2,3)36(29(4,5)15-22)27(38)13-19-16-31-17-19/h6-10,14,19-20,22,31-32,37H,1,11-13,15-18,30H2,2-5H3,(H,33,35). The van der Waals surface area contributed by atoms with Crippen molar-refractivity contribution in [1.29, 1.82) is 0 Å². The summed E-state index contributed by atoms with van der Waals surface area (Å²) in [6.45, 7) is 15.0. The molecule has 1 aromatic carbocycles. The third kappa shape index (κ3) is 6.17. The molecule has 6 N–H and O–H groups in total. The van der Waals surface area contributed by atoms with Gasteiger partial charge in [0.2, 0.25) is 5.91 Å². The third-order valence-electron chi connectivity index (χ3n) is 8.00. The highest BCUT2D eigenvalue weighted by molar-refractivity contribution is 5.78. The average molecular weight is 522 g/mol. The first-order valence-electron chi connectivity index (χ1n) is 13.6. The van der Waals surface area contributed by atoms with Crippen LogP contribution in [0.1, 0.15) is 64.9 Å². The Hall–Kier alpha value is -3.01. The second kappa shape index (κ2) is 11.4. The lowest BCUT2D eigenvalue weighted by Gasteiger charge is -2.48. The number of aromatic nitrogens is 2. The number of anilines is 1. The van der Waals surface area contributed by atoms with Crippen molar-refractivity contribution in [2.24, 2.45) is 11.8 Å². The molecule has 3 heterocycles. The molecule has 38 heavy (non-hydrogen) atoms. The van der Waals surface area contributed by atoms with Crippen molar-refractivity contribution in [1.82, 2.24) is 25.8 Å². The Bertz CT molecular complexity index is 1130. The highest BCUT2D eigenvalue weighted by Gasteiger charge is 2.45. The number of carbonyl (C=O) groups excluding carboxylic acids is 1. The molecule has 9 heteroatoms. The van der Waals surface area contributed by atoms with E-state index in [0.717, 1.165) is 37.9 Å². The van der Waals surface area contributed by atoms with Gasteiger partial charge in [-0.1, -0.05) is 12.1 Å². The van der Waals surface area contributed by atoms with E-state index >= 15 is 0 Å². The van der Waals surface area contributed by atoms with Gasteiger partial charge in [0.1, 0.15) is 11.6 Å². The Kier molecular flexibility index (Phi) is 8.40. The fraction of sp³-hybridized carbons (Fsp3) is 0.552. The Morgan fingerprint density at radius 1 is 1.24 bits per heavy atom. The number of nitrogens with zero attached hydrogens (tertiary/aromatic N) is 3. The first-order valence-corrected chi connectivity index (χ1v) is 13.6. The molecule has 0 radical (unpaired) electrons. The number of benzene rings is 1. The first kappa shape index (κ1) is 28.0. The minimum Gasteiger partial charge on any atom is -0.507 e. The fourth-order valence-corrected chi connectivity index (χ4v) is 6.11. The van der Waals surface area contributed by atoms with E-state index in [9.17, 15) is 9.90 Å². The quantitative estimate of drug-likeness (QED) is 0.193. The molecule has 2 aliphatic rings. The monoisotopic (exact) mass is 521 g/mol. The molecule has 2 atom stereocenters. The summed E-state index contributed by atoms with van der Waals surface area (Å²) in [7, 11) is 0. The van der Waals surface area contributed by atoms with Crippen molar-refractivity contribution in [3.8, 4) is 17.0 Å². The van der Waals surface area contributed by atoms with Gasteiger partial charge in [-0.05, 0) is 95.8 Å². The van der Waals surface area contributed by atoms with Crippen LogP contribution >= 0.6 is 0 Å². The highest BCUT2D eigenvalue weighted by atomic mass is 16.3. The first-order chi connectivity index (χ1) is 18.0. The fourth-order valence-electron chi connectivity index (χ4n) is 6.11. The van der Waals surface area contributed by atoms with Crippen LogP contribution in [0.25, 0.3) is 11.3 Å². The molecule has 0 saturated carbocycles. The summed E-state index contributed by atoms with van der Waals surface area (Å²) in [6.07, 6.45) is 5.06. The van der Waals surface area contributed by atoms with Gasteiger partial charge in [0.25, 0.3) is 0 Å². The summed E-state index contributed by atoms with van der Waals surface area (Å²) in [5.41, 5.74) is 4.26. The van der Waals surface area contributed by atoms with Gasteiger partial charge in [0, 0.05) is 41.6 Å². The van der Waals surface area contributed by atoms with Gasteiger partial charge in [-0.3, -0.25) is 16.1 Å². The lowest BCUT2D eigenvalue weighted by Crippen LogP contribution is -2.59. The maximum atomic E-state index is 13.4. The SMILES string of the molecule is C=CC(CNN)c1ccc(-c2ccc(NC3CCC(C)(C)N(C(=O)CC4CNC4)C(C)(C)C3)nn2)c(O)c1. The molecule has 0 aliphatic carbocycles. The minimum absolute atomic E-state index is 0.00662. The van der Waals surface area contributed by atoms with Crippen LogP contribution in [0, 0.1) is 5.92 Å². The van der Waals surface area contributed by atoms with E-state index in [4.69, 9.17) is 5.84 Å². The van der Waals surface area contributed by atoms with Crippen molar-refractivity contribution < 1.29 is 9.90 Å². The summed E-state index contributed by atoms with van der Waals surface area (Å²) in [6, 6.07) is 9.43. The summed E-state index contributed by atoms with van der Waals surface area (Å²) in [4.78, 5) is 15.5. The lowest BCUT2D eigenvalue weighted by molar-refractivity contribution is -0.145. The van der Waals surface area contributed by atoms with Gasteiger partial charge in [-0.2, -0.15) is 0 Å². The predicted molar refractivity (Wildman–Crippen MR) is 152 cm³/mol. The lowest BCUT2D eigenvalue weighted by atomic mass is 9.88. The maximum Gasteiger partial charge on any atom is 0.223 e. The number of nitrogens with one attached hydrogen (secondary N) is 3. The Morgan fingerprint density at radius 3 is 2.58 bits per heavy atom. The van der Waals surface area contributed by atoms with Crippen molar-refractivity contribution in [3.63, 3.8) is 0 Å². The zero-order valence-corrected chi connectivity index (χ0v) is 23.1. The van der Waals surface area contributed by atoms with Crippen LogP contribution in [0.3, 0.4) is 0 Å². The zero-order chi connectivity index (χ0) is 27.5. The van der Waals surface area contributed by atoms with Gasteiger partial charge in [-0.15, -0.1) is 16.8 Å². The molecular weight excluding hydrogens is 478 g/mol. The molecule has 2 unspecified atom stereocenters. The van der Waals surface area contributed by atoms with Crippen LogP contribution in [-0.4, -0.2) is 62.9 Å². The number of nitrogens with two attached hydrogens (primary N) is 1. The molecule has 2 saturated heterocycles. The molecule has 206 valence electrons. The summed E-state index contributed by atoms with van der Waals surface area (Å²) in [5, 5.41) is 26.3. The highest BCUT2D eigenvalue weighted by Crippen LogP contribution is 2.39. The van der Waals surface area contributed by atoms with E-state index in [1.165, 1.54) is 0 Å². The number of likely N-dealkylation sites (tertiary alicyclic amines) is 1. The van der Waals surface area contributed by atoms with Crippen molar-refractivity contribution in [2.75, 3.05) is 25.0 Å². The van der Waals surface area contributed by atoms with E-state index in [1.807, 2.05) is 24.3 Å². The van der Waals surface area contributed by atoms with Crippen molar-refractivity contribution in [3.05, 3.63) is 48.6 Å². The third-order valence-corrected chi connectivity index (χ3v) is 8.00. The van der Waals surface area contributed by atoms with E-state index < -0.39 is 0 Å². The second-order valence-corrected chi connectivity index (χ2v) is 12.0. The van der Waals surface area contributed by atoms with E-state index in [-0.39, 0.29) is 34.7 Å². The number of phenols is 1. The van der Waals surface area contributed by atoms with Crippen LogP contribution in [0.15, 0.2) is 43.0 Å². The number of phenolic OH excluding ortho intramolecular Hbond substituents is 1. The summed E-state index contributed by atoms with van der Waals surface area (Å²) in [5.74, 6) is 6.97. The number of hydrazine groups is 1. The maximum absolute atomic E-state index is 13.4. The Morgan fingerprint density at radius 2 is 2.00 bits per heavy atom. The topological polar surface area (TPSA) is 128 Å². The molecule has 2 aromatic rings. The summed E-state index contributed by atoms with van der Waals surface area (Å²) < 4.78 is 0. The van der Waals surface area contributed by atoms with Crippen LogP contribution in [0.4, 0.5) is 5.82 Å². The number of aromatic hydroxyl groups is 1. The Balaban J connectivity index is 1.45. The van der Waals surface area contributed by atoms with Gasteiger partial charge >= 0.3 is 0 Å². The number of carbonyl (C=O) groups is 1. The normalized spacial score (nSPS) is 21.7. The number of amides is 1. The van der Waals surface area contributed by atoms with Gasteiger partial charge < -0.3 is 20.6 Å². The van der Waals surface area contributed by atoms with Crippen molar-refractivity contribution in [2.45, 2.75) is 76.4 Å². The van der Waals surface area contributed by atoms with Gasteiger partial charge in [-0.25, -0.2) is 0 Å². The molecule has 1 aromatic heterocycles. The molecule has 2 fully saturated rings. The Labute approximate surface area is 226 Å². The molecule has 0 bridgehead atoms. The largest absolute Gasteiger partial charge is 0.507 e. The zero-order valence-electron chi connectivity index (χ0n) is 23.1. The number of hydrogen-bond donors (Lipinski definition) is 5. The van der Waals surface area contributed by atoms with Crippen LogP contribution < -0.4 is 21.9 Å². The minimum atomic E-state index is -0.296. The van der Waals surface area contributed by atoms with Crippen LogP contribution in [0.2, 0.25) is 0 Å².